The SMILES string of the molecule is CC/C=C\C/C=C\C/C=C\C/C=C\C/C=C\CCCC(=O)OCC(COP(=O)(O)OCC(CO)OC(=O)CCCCCCC/C=C\C/C=C\CCC)OC(=O)CCC/C=C\C/C=C\C/C=C\C/C=C\C/C=C\CC. The number of rotatable bonds is 49. The normalized spacial score (nSPS) is 14.5. The first kappa shape index (κ1) is 69.4. The summed E-state index contributed by atoms with van der Waals surface area (Å²) in [7, 11) is -4.79. The van der Waals surface area contributed by atoms with Crippen molar-refractivity contribution < 1.29 is 52.2 Å². The minimum atomic E-state index is -4.79. The van der Waals surface area contributed by atoms with E-state index in [0.717, 1.165) is 116 Å². The molecule has 3 unspecified atom stereocenters. The molecule has 0 aromatic rings. The molecule has 11 nitrogen and oxygen atoms in total. The molecule has 0 bridgehead atoms. The lowest BCUT2D eigenvalue weighted by molar-refractivity contribution is -0.161. The molecular formula is C62H97O11P. The summed E-state index contributed by atoms with van der Waals surface area (Å²) in [6, 6.07) is 0. The van der Waals surface area contributed by atoms with Crippen LogP contribution in [0.3, 0.4) is 0 Å². The standard InChI is InChI=1S/C62H97O11P/c1-4-7-10-13-16-19-22-25-27-29-31-34-36-39-42-45-48-51-60(64)69-55-59(73-62(66)53-50-47-44-41-38-35-32-30-28-26-23-20-17-14-11-8-5-2)57-71-74(67,68)70-56-58(54-63)72-61(65)52-49-46-43-40-37-33-24-21-18-15-12-9-6-3/h7-8,10-12,15-17,19-21,24-28,31-32,34-35,39,41-42,44,58-59,63H,4-6,9,13-14,18,22-23,29-30,33,36-38,40,43,45-57H2,1-3H3,(H,67,68)/b10-7-,11-8-,15-12-,19-16-,20-17-,24-21-,27-25-,28-26-,34-31-,35-32-,42-39-,44-41-. The lowest BCUT2D eigenvalue weighted by atomic mass is 10.1. The van der Waals surface area contributed by atoms with E-state index in [0.29, 0.717) is 32.1 Å². The predicted octanol–water partition coefficient (Wildman–Crippen LogP) is 16.4. The van der Waals surface area contributed by atoms with Crippen molar-refractivity contribution in [2.45, 2.75) is 200 Å². The number of aliphatic hydroxyl groups is 1. The highest BCUT2D eigenvalue weighted by Gasteiger charge is 2.28. The van der Waals surface area contributed by atoms with Crippen molar-refractivity contribution in [3.63, 3.8) is 0 Å². The largest absolute Gasteiger partial charge is 0.472 e. The third kappa shape index (κ3) is 52.2. The van der Waals surface area contributed by atoms with E-state index in [1.54, 1.807) is 0 Å². The first-order valence-corrected chi connectivity index (χ1v) is 29.2. The van der Waals surface area contributed by atoms with Crippen LogP contribution < -0.4 is 0 Å². The molecule has 0 aliphatic carbocycles. The van der Waals surface area contributed by atoms with Crippen molar-refractivity contribution in [2.75, 3.05) is 26.4 Å². The number of phosphoric acid groups is 1. The first-order valence-electron chi connectivity index (χ1n) is 27.7. The summed E-state index contributed by atoms with van der Waals surface area (Å²) in [6.45, 7) is 4.17. The zero-order valence-corrected chi connectivity index (χ0v) is 46.6. The van der Waals surface area contributed by atoms with Crippen LogP contribution in [0.1, 0.15) is 188 Å². The maximum absolute atomic E-state index is 12.9. The summed E-state index contributed by atoms with van der Waals surface area (Å²) in [5, 5.41) is 9.80. The average molecular weight is 1050 g/mol. The van der Waals surface area contributed by atoms with Crippen molar-refractivity contribution in [3.05, 3.63) is 146 Å². The van der Waals surface area contributed by atoms with Crippen LogP contribution in [0.4, 0.5) is 0 Å². The Morgan fingerprint density at radius 3 is 1.14 bits per heavy atom. The van der Waals surface area contributed by atoms with Gasteiger partial charge in [-0.15, -0.1) is 0 Å². The van der Waals surface area contributed by atoms with Gasteiger partial charge in [-0.1, -0.05) is 192 Å². The molecule has 0 aromatic carbocycles. The fourth-order valence-corrected chi connectivity index (χ4v) is 7.36. The Labute approximate surface area is 448 Å². The van der Waals surface area contributed by atoms with Gasteiger partial charge in [-0.2, -0.15) is 0 Å². The molecule has 2 N–H and O–H groups in total. The minimum Gasteiger partial charge on any atom is -0.462 e. The zero-order valence-electron chi connectivity index (χ0n) is 45.7. The molecule has 74 heavy (non-hydrogen) atoms. The van der Waals surface area contributed by atoms with Gasteiger partial charge >= 0.3 is 25.7 Å². The number of carbonyl (C=O) groups is 3. The number of hydrogen-bond acceptors (Lipinski definition) is 10. The molecular weight excluding hydrogens is 952 g/mol. The predicted molar refractivity (Wildman–Crippen MR) is 306 cm³/mol. The molecule has 0 aromatic heterocycles. The van der Waals surface area contributed by atoms with E-state index >= 15 is 0 Å². The number of carbonyl (C=O) groups excluding carboxylic acids is 3. The van der Waals surface area contributed by atoms with Crippen LogP contribution in [0, 0.1) is 0 Å². The van der Waals surface area contributed by atoms with Gasteiger partial charge in [0, 0.05) is 19.3 Å². The minimum absolute atomic E-state index is 0.0674. The molecule has 0 amide bonds. The van der Waals surface area contributed by atoms with Gasteiger partial charge in [-0.05, 0) is 122 Å². The quantitative estimate of drug-likeness (QED) is 0.0197. The van der Waals surface area contributed by atoms with Gasteiger partial charge in [-0.3, -0.25) is 23.4 Å². The summed E-state index contributed by atoms with van der Waals surface area (Å²) >= 11 is 0. The van der Waals surface area contributed by atoms with Crippen LogP contribution in [0.15, 0.2) is 146 Å². The summed E-state index contributed by atoms with van der Waals surface area (Å²) in [4.78, 5) is 48.4. The van der Waals surface area contributed by atoms with E-state index in [4.69, 9.17) is 23.3 Å². The summed E-state index contributed by atoms with van der Waals surface area (Å²) in [6.07, 6.45) is 69.7. The first-order chi connectivity index (χ1) is 36.2. The van der Waals surface area contributed by atoms with Gasteiger partial charge in [0.05, 0.1) is 19.8 Å². The van der Waals surface area contributed by atoms with E-state index in [1.165, 1.54) is 0 Å². The molecule has 0 aliphatic rings. The number of allylic oxidation sites excluding steroid dienone is 24. The van der Waals surface area contributed by atoms with Crippen LogP contribution >= 0.6 is 7.82 Å². The van der Waals surface area contributed by atoms with Crippen molar-refractivity contribution in [3.8, 4) is 0 Å². The maximum atomic E-state index is 12.9. The van der Waals surface area contributed by atoms with Gasteiger partial charge < -0.3 is 24.2 Å². The Balaban J connectivity index is 4.95. The molecule has 0 spiro atoms. The molecule has 416 valence electrons. The zero-order chi connectivity index (χ0) is 54.1. The second-order valence-corrected chi connectivity index (χ2v) is 19.1. The second kappa shape index (κ2) is 54.6. The molecule has 12 heteroatoms. The maximum Gasteiger partial charge on any atom is 0.472 e. The van der Waals surface area contributed by atoms with Crippen LogP contribution in [-0.2, 0) is 42.2 Å². The summed E-state index contributed by atoms with van der Waals surface area (Å²) < 4.78 is 39.3. The lowest BCUT2D eigenvalue weighted by Gasteiger charge is -2.21. The smallest absolute Gasteiger partial charge is 0.462 e. The highest BCUT2D eigenvalue weighted by Crippen LogP contribution is 2.43. The summed E-state index contributed by atoms with van der Waals surface area (Å²) in [5.74, 6) is -1.64. The monoisotopic (exact) mass is 1050 g/mol. The van der Waals surface area contributed by atoms with E-state index in [1.807, 2.05) is 24.3 Å². The molecule has 3 atom stereocenters. The molecule has 0 radical (unpaired) electrons. The third-order valence-electron chi connectivity index (χ3n) is 10.7. The van der Waals surface area contributed by atoms with Crippen LogP contribution in [-0.4, -0.2) is 66.5 Å². The Hall–Kier alpha value is -4.64. The second-order valence-electron chi connectivity index (χ2n) is 17.6. The number of unbranched alkanes of at least 4 members (excludes halogenated alkanes) is 8. The van der Waals surface area contributed by atoms with Gasteiger partial charge in [-0.25, -0.2) is 4.57 Å². The highest BCUT2D eigenvalue weighted by atomic mass is 31.2. The van der Waals surface area contributed by atoms with Crippen molar-refractivity contribution >= 4 is 25.7 Å². The van der Waals surface area contributed by atoms with Gasteiger partial charge in [0.15, 0.2) is 6.10 Å². The van der Waals surface area contributed by atoms with Crippen molar-refractivity contribution in [2.24, 2.45) is 0 Å². The highest BCUT2D eigenvalue weighted by molar-refractivity contribution is 7.47. The fraction of sp³-hybridized carbons (Fsp3) is 0.565. The summed E-state index contributed by atoms with van der Waals surface area (Å²) in [5.41, 5.74) is 0. The van der Waals surface area contributed by atoms with Crippen LogP contribution in [0.5, 0.6) is 0 Å². The fourth-order valence-electron chi connectivity index (χ4n) is 6.58. The molecule has 0 fully saturated rings. The van der Waals surface area contributed by atoms with E-state index in [-0.39, 0.29) is 19.3 Å². The Bertz CT molecular complexity index is 1800. The van der Waals surface area contributed by atoms with Crippen molar-refractivity contribution in [1.82, 2.24) is 0 Å². The molecule has 0 heterocycles. The lowest BCUT2D eigenvalue weighted by Crippen LogP contribution is -2.30. The Kier molecular flexibility index (Phi) is 51.2. The number of phosphoric ester groups is 1. The molecule has 0 rings (SSSR count). The molecule has 0 aliphatic heterocycles. The number of ether oxygens (including phenoxy) is 3. The van der Waals surface area contributed by atoms with E-state index < -0.39 is 64.4 Å². The molecule has 0 saturated heterocycles. The Morgan fingerprint density at radius 2 is 0.716 bits per heavy atom. The number of esters is 3. The van der Waals surface area contributed by atoms with Gasteiger partial charge in [0.2, 0.25) is 0 Å². The van der Waals surface area contributed by atoms with E-state index in [2.05, 4.69) is 142 Å². The van der Waals surface area contributed by atoms with Crippen LogP contribution in [0.2, 0.25) is 0 Å². The number of aliphatic hydroxyl groups excluding tert-OH is 1. The Morgan fingerprint density at radius 1 is 0.392 bits per heavy atom. The van der Waals surface area contributed by atoms with Crippen molar-refractivity contribution in [1.29, 1.82) is 0 Å². The van der Waals surface area contributed by atoms with E-state index in [9.17, 15) is 28.9 Å². The molecule has 0 saturated carbocycles. The van der Waals surface area contributed by atoms with Gasteiger partial charge in [0.1, 0.15) is 12.7 Å². The average Bonchev–Trinajstić information content (AvgIpc) is 3.39. The topological polar surface area (TPSA) is 155 Å². The third-order valence-corrected chi connectivity index (χ3v) is 11.7. The van der Waals surface area contributed by atoms with Crippen LogP contribution in [0.25, 0.3) is 0 Å². The van der Waals surface area contributed by atoms with Gasteiger partial charge in [0.25, 0.3) is 0 Å². The number of hydrogen-bond donors (Lipinski definition) is 2.